The molecule has 3 aromatic heterocycles. The van der Waals surface area contributed by atoms with Crippen LogP contribution in [0.1, 0.15) is 54.8 Å². The molecule has 0 unspecified atom stereocenters. The normalized spacial score (nSPS) is 19.9. The van der Waals surface area contributed by atoms with Crippen LogP contribution < -0.4 is 25.6 Å². The van der Waals surface area contributed by atoms with Crippen LogP contribution in [0, 0.1) is 6.92 Å². The Balaban J connectivity index is 1.25. The summed E-state index contributed by atoms with van der Waals surface area (Å²) in [7, 11) is 0. The van der Waals surface area contributed by atoms with Crippen molar-refractivity contribution >= 4 is 56.5 Å². The minimum Gasteiger partial charge on any atom is -0.439 e. The lowest BCUT2D eigenvalue weighted by Gasteiger charge is -2.38. The summed E-state index contributed by atoms with van der Waals surface area (Å²) in [6, 6.07) is 12.5. The number of nitrogens with zero attached hydrogens (tertiary/aromatic N) is 3. The van der Waals surface area contributed by atoms with Crippen molar-refractivity contribution in [3.05, 3.63) is 65.3 Å². The lowest BCUT2D eigenvalue weighted by molar-refractivity contribution is -0.121. The third kappa shape index (κ3) is 5.20. The smallest absolute Gasteiger partial charge is 0.331 e. The van der Waals surface area contributed by atoms with Crippen molar-refractivity contribution in [2.45, 2.75) is 58.0 Å². The maximum Gasteiger partial charge on any atom is 0.331 e. The molecule has 11 heteroatoms. The number of aromatic nitrogens is 2. The largest absolute Gasteiger partial charge is 0.439 e. The van der Waals surface area contributed by atoms with Crippen LogP contribution >= 0.6 is 11.3 Å². The first-order valence-corrected chi connectivity index (χ1v) is 14.3. The van der Waals surface area contributed by atoms with Gasteiger partial charge in [-0.3, -0.25) is 14.5 Å². The molecule has 4 aromatic rings. The summed E-state index contributed by atoms with van der Waals surface area (Å²) in [5.41, 5.74) is 2.25. The Hall–Kier alpha value is -4.51. The highest BCUT2D eigenvalue weighted by Crippen LogP contribution is 2.46. The number of anilines is 3. The number of aryl methyl sites for hydroxylation is 1. The molecule has 0 saturated heterocycles. The number of rotatable bonds is 6. The Kier molecular flexibility index (Phi) is 6.82. The second kappa shape index (κ2) is 10.5. The van der Waals surface area contributed by atoms with Gasteiger partial charge in [0.25, 0.3) is 5.91 Å². The molecule has 1 aliphatic heterocycles. The predicted octanol–water partition coefficient (Wildman–Crippen LogP) is 6.04. The molecule has 1 aliphatic carbocycles. The lowest BCUT2D eigenvalue weighted by Crippen LogP contribution is -2.50. The number of urea groups is 1. The fraction of sp³-hybridized carbons (Fsp3) is 0.300. The number of carbonyl (C=O) groups is 3. The van der Waals surface area contributed by atoms with Gasteiger partial charge in [-0.05, 0) is 63.3 Å². The first-order chi connectivity index (χ1) is 19.7. The van der Waals surface area contributed by atoms with Gasteiger partial charge >= 0.3 is 6.03 Å². The van der Waals surface area contributed by atoms with Crippen molar-refractivity contribution in [3.8, 4) is 11.6 Å². The maximum atomic E-state index is 13.5. The molecule has 2 aliphatic rings. The Morgan fingerprint density at radius 1 is 1.12 bits per heavy atom. The highest BCUT2D eigenvalue weighted by Gasteiger charge is 2.36. The molecule has 1 saturated carbocycles. The van der Waals surface area contributed by atoms with Crippen LogP contribution in [0.4, 0.5) is 21.9 Å². The van der Waals surface area contributed by atoms with E-state index in [9.17, 15) is 14.4 Å². The van der Waals surface area contributed by atoms with Gasteiger partial charge in [0.05, 0.1) is 28.6 Å². The summed E-state index contributed by atoms with van der Waals surface area (Å²) in [5, 5.41) is 9.83. The molecule has 41 heavy (non-hydrogen) atoms. The van der Waals surface area contributed by atoms with Gasteiger partial charge in [0.15, 0.2) is 0 Å². The van der Waals surface area contributed by atoms with Crippen molar-refractivity contribution < 1.29 is 19.1 Å². The van der Waals surface area contributed by atoms with Crippen LogP contribution in [0.5, 0.6) is 11.6 Å². The summed E-state index contributed by atoms with van der Waals surface area (Å²) < 4.78 is 5.86. The first-order valence-electron chi connectivity index (χ1n) is 13.5. The summed E-state index contributed by atoms with van der Waals surface area (Å²) in [4.78, 5) is 50.1. The summed E-state index contributed by atoms with van der Waals surface area (Å²) >= 11 is 1.26. The van der Waals surface area contributed by atoms with E-state index >= 15 is 0 Å². The monoisotopic (exact) mass is 570 g/mol. The maximum absolute atomic E-state index is 13.5. The molecule has 0 radical (unpaired) electrons. The average Bonchev–Trinajstić information content (AvgIpc) is 3.31. The van der Waals surface area contributed by atoms with Crippen LogP contribution in [0.15, 0.2) is 54.9 Å². The van der Waals surface area contributed by atoms with Crippen molar-refractivity contribution in [1.82, 2.24) is 20.6 Å². The van der Waals surface area contributed by atoms with E-state index < -0.39 is 0 Å². The van der Waals surface area contributed by atoms with Gasteiger partial charge in [-0.15, -0.1) is 11.3 Å². The van der Waals surface area contributed by atoms with Gasteiger partial charge in [0, 0.05) is 30.8 Å². The summed E-state index contributed by atoms with van der Waals surface area (Å²) in [6.45, 7) is 5.46. The number of para-hydroxylation sites is 1. The Labute approximate surface area is 241 Å². The molecule has 4 amide bonds. The highest BCUT2D eigenvalue weighted by molar-refractivity contribution is 7.21. The average molecular weight is 571 g/mol. The van der Waals surface area contributed by atoms with E-state index in [4.69, 9.17) is 4.74 Å². The minimum atomic E-state index is -0.386. The van der Waals surface area contributed by atoms with E-state index in [-0.39, 0.29) is 29.4 Å². The van der Waals surface area contributed by atoms with Crippen LogP contribution in [-0.2, 0) is 4.79 Å². The molecule has 1 fully saturated rings. The molecular weight excluding hydrogens is 540 g/mol. The second-order valence-corrected chi connectivity index (χ2v) is 11.8. The number of pyridine rings is 2. The molecule has 0 spiro atoms. The third-order valence-electron chi connectivity index (χ3n) is 7.62. The topological polar surface area (TPSA) is 126 Å². The van der Waals surface area contributed by atoms with E-state index in [1.807, 2.05) is 44.2 Å². The molecule has 1 aromatic carbocycles. The van der Waals surface area contributed by atoms with E-state index in [2.05, 4.69) is 25.9 Å². The van der Waals surface area contributed by atoms with E-state index in [0.717, 1.165) is 31.2 Å². The zero-order valence-electron chi connectivity index (χ0n) is 23.0. The van der Waals surface area contributed by atoms with E-state index in [1.54, 1.807) is 29.4 Å². The van der Waals surface area contributed by atoms with Gasteiger partial charge in [-0.1, -0.05) is 18.2 Å². The first kappa shape index (κ1) is 26.7. The third-order valence-corrected chi connectivity index (χ3v) is 8.72. The number of amides is 4. The van der Waals surface area contributed by atoms with Gasteiger partial charge in [0.1, 0.15) is 15.5 Å². The van der Waals surface area contributed by atoms with E-state index in [0.29, 0.717) is 43.8 Å². The number of hydrogen-bond donors (Lipinski definition) is 3. The summed E-state index contributed by atoms with van der Waals surface area (Å²) in [5.74, 6) is 0.804. The SMILES string of the molecule is CC(=O)N[C@]1(C)CC[C@@H](NC(=O)c2sc3nccc4c3c2NC(=O)N4c2cnc(Oc3ccccc3)cc2C)CC1. The number of benzene rings is 1. The second-order valence-electron chi connectivity index (χ2n) is 10.8. The molecule has 0 bridgehead atoms. The van der Waals surface area contributed by atoms with Crippen molar-refractivity contribution in [1.29, 1.82) is 0 Å². The van der Waals surface area contributed by atoms with Gasteiger partial charge in [-0.2, -0.15) is 0 Å². The molecule has 4 heterocycles. The molecule has 10 nitrogen and oxygen atoms in total. The molecule has 6 rings (SSSR count). The van der Waals surface area contributed by atoms with E-state index in [1.165, 1.54) is 18.3 Å². The standard InChI is InChI=1S/C30H30N6O4S/c1-17-15-23(40-20-7-5-4-6-8-20)32-16-22(17)36-21-11-14-31-28-24(21)25(34-29(36)39)26(41-28)27(38)33-19-9-12-30(3,13-10-19)35-18(2)37/h4-8,11,14-16,19H,9-10,12-13H2,1-3H3,(H,33,38)(H,34,39)(H,35,37)/t19-,30-. The zero-order chi connectivity index (χ0) is 28.7. The number of ether oxygens (including phenoxy) is 1. The minimum absolute atomic E-state index is 0.0182. The zero-order valence-corrected chi connectivity index (χ0v) is 23.8. The molecule has 0 atom stereocenters. The van der Waals surface area contributed by atoms with Crippen molar-refractivity contribution in [2.75, 3.05) is 10.2 Å². The Morgan fingerprint density at radius 3 is 2.59 bits per heavy atom. The van der Waals surface area contributed by atoms with Crippen LogP contribution in [-0.4, -0.2) is 39.4 Å². The molecule has 3 N–H and O–H groups in total. The molecular formula is C30H30N6O4S. The van der Waals surface area contributed by atoms with Gasteiger partial charge in [-0.25, -0.2) is 14.8 Å². The predicted molar refractivity (Wildman–Crippen MR) is 158 cm³/mol. The Morgan fingerprint density at radius 2 is 1.88 bits per heavy atom. The fourth-order valence-electron chi connectivity index (χ4n) is 5.61. The van der Waals surface area contributed by atoms with Gasteiger partial charge in [0.2, 0.25) is 11.8 Å². The van der Waals surface area contributed by atoms with Crippen molar-refractivity contribution in [3.63, 3.8) is 0 Å². The highest BCUT2D eigenvalue weighted by atomic mass is 32.1. The summed E-state index contributed by atoms with van der Waals surface area (Å²) in [6.07, 6.45) is 6.31. The Bertz CT molecular complexity index is 1660. The quantitative estimate of drug-likeness (QED) is 0.259. The number of hydrogen-bond acceptors (Lipinski definition) is 7. The lowest BCUT2D eigenvalue weighted by atomic mass is 9.80. The number of carbonyl (C=O) groups excluding carboxylic acids is 3. The van der Waals surface area contributed by atoms with Crippen LogP contribution in [0.25, 0.3) is 10.2 Å². The fourth-order valence-corrected chi connectivity index (χ4v) is 6.63. The van der Waals surface area contributed by atoms with Crippen molar-refractivity contribution in [2.24, 2.45) is 0 Å². The number of nitrogens with one attached hydrogen (secondary N) is 3. The van der Waals surface area contributed by atoms with Gasteiger partial charge < -0.3 is 20.7 Å². The van der Waals surface area contributed by atoms with Crippen LogP contribution in [0.2, 0.25) is 0 Å². The number of thiophene rings is 1. The van der Waals surface area contributed by atoms with Crippen LogP contribution in [0.3, 0.4) is 0 Å². The molecule has 210 valence electrons.